The minimum Gasteiger partial charge on any atom is -0.497 e. The third-order valence-corrected chi connectivity index (χ3v) is 6.04. The molecule has 7 heteroatoms. The number of benzene rings is 2. The molecule has 1 fully saturated rings. The Morgan fingerprint density at radius 1 is 1.25 bits per heavy atom. The van der Waals surface area contributed by atoms with Crippen LogP contribution in [0.15, 0.2) is 47.3 Å². The van der Waals surface area contributed by atoms with Gasteiger partial charge in [-0.2, -0.15) is 5.26 Å². The molecule has 2 aromatic carbocycles. The Hall–Kier alpha value is -3.50. The third kappa shape index (κ3) is 4.27. The van der Waals surface area contributed by atoms with Crippen LogP contribution in [-0.2, 0) is 13.5 Å². The summed E-state index contributed by atoms with van der Waals surface area (Å²) in [5.74, 6) is 0.609. The van der Waals surface area contributed by atoms with Crippen LogP contribution in [0.4, 0.5) is 4.39 Å². The van der Waals surface area contributed by atoms with Gasteiger partial charge in [-0.05, 0) is 74.7 Å². The molecule has 1 aromatic heterocycles. The van der Waals surface area contributed by atoms with Gasteiger partial charge in [0.2, 0.25) is 0 Å². The van der Waals surface area contributed by atoms with Gasteiger partial charge in [0, 0.05) is 18.2 Å². The van der Waals surface area contributed by atoms with Crippen LogP contribution < -0.4 is 15.6 Å². The normalized spacial score (nSPS) is 15.5. The van der Waals surface area contributed by atoms with Gasteiger partial charge in [0.1, 0.15) is 23.3 Å². The lowest BCUT2D eigenvalue weighted by Gasteiger charge is -2.17. The first-order valence-electron chi connectivity index (χ1n) is 10.7. The predicted molar refractivity (Wildman–Crippen MR) is 121 cm³/mol. The highest BCUT2D eigenvalue weighted by Crippen LogP contribution is 2.32. The molecule has 1 aliphatic rings. The molecule has 1 N–H and O–H groups in total. The summed E-state index contributed by atoms with van der Waals surface area (Å²) < 4.78 is 21.3. The lowest BCUT2D eigenvalue weighted by molar-refractivity contribution is 0.415. The zero-order chi connectivity index (χ0) is 22.7. The Balaban J connectivity index is 1.85. The molecule has 0 saturated carbocycles. The van der Waals surface area contributed by atoms with Gasteiger partial charge in [0.05, 0.1) is 24.1 Å². The minimum atomic E-state index is -0.611. The van der Waals surface area contributed by atoms with Gasteiger partial charge >= 0.3 is 0 Å². The molecule has 0 unspecified atom stereocenters. The van der Waals surface area contributed by atoms with Crippen molar-refractivity contribution in [2.75, 3.05) is 20.2 Å². The Morgan fingerprint density at radius 3 is 2.62 bits per heavy atom. The Morgan fingerprint density at radius 2 is 2.00 bits per heavy atom. The highest BCUT2D eigenvalue weighted by Gasteiger charge is 2.21. The zero-order valence-corrected chi connectivity index (χ0v) is 18.2. The first-order valence-corrected chi connectivity index (χ1v) is 10.7. The van der Waals surface area contributed by atoms with Crippen LogP contribution in [0.3, 0.4) is 0 Å². The molecule has 0 bridgehead atoms. The molecule has 2 heterocycles. The molecule has 1 saturated heterocycles. The lowest BCUT2D eigenvalue weighted by Crippen LogP contribution is -2.26. The Labute approximate surface area is 186 Å². The molecular weight excluding hydrogens is 407 g/mol. The number of ether oxygens (including phenoxy) is 1. The highest BCUT2D eigenvalue weighted by molar-refractivity contribution is 5.79. The first kappa shape index (κ1) is 21.7. The number of aryl methyl sites for hydroxylation is 1. The van der Waals surface area contributed by atoms with E-state index in [-0.39, 0.29) is 11.1 Å². The summed E-state index contributed by atoms with van der Waals surface area (Å²) in [5, 5.41) is 12.4. The van der Waals surface area contributed by atoms with Crippen molar-refractivity contribution >= 4 is 0 Å². The van der Waals surface area contributed by atoms with Crippen molar-refractivity contribution in [1.29, 1.82) is 5.26 Å². The van der Waals surface area contributed by atoms with E-state index in [0.29, 0.717) is 40.7 Å². The zero-order valence-electron chi connectivity index (χ0n) is 18.2. The molecule has 1 aliphatic heterocycles. The standard InChI is InChI=1S/C25H25FN4O2/c1-30-24(17-6-8-20(32-2)9-7-17)23(18-4-5-19(14-27)21(26)13-18)29-22(25(30)31)10-3-16-11-12-28-15-16/h4-9,13,16,28H,3,10-12,15H2,1-2H3/t16-/m0/s1. The minimum absolute atomic E-state index is 0.0291. The number of hydrogen-bond donors (Lipinski definition) is 1. The number of hydrogen-bond acceptors (Lipinski definition) is 5. The molecule has 32 heavy (non-hydrogen) atoms. The van der Waals surface area contributed by atoms with Crippen molar-refractivity contribution in [3.63, 3.8) is 0 Å². The molecule has 0 amide bonds. The molecule has 3 aromatic rings. The summed E-state index contributed by atoms with van der Waals surface area (Å²) in [6.07, 6.45) is 2.53. The molecular formula is C25H25FN4O2. The van der Waals surface area contributed by atoms with Gasteiger partial charge in [-0.1, -0.05) is 6.07 Å². The summed E-state index contributed by atoms with van der Waals surface area (Å²) in [6, 6.07) is 13.6. The quantitative estimate of drug-likeness (QED) is 0.643. The van der Waals surface area contributed by atoms with Crippen LogP contribution in [0.2, 0.25) is 0 Å². The predicted octanol–water partition coefficient (Wildman–Crippen LogP) is 3.68. The highest BCUT2D eigenvalue weighted by atomic mass is 19.1. The summed E-state index contributed by atoms with van der Waals surface area (Å²) in [6.45, 7) is 1.96. The van der Waals surface area contributed by atoms with E-state index >= 15 is 0 Å². The first-order chi connectivity index (χ1) is 15.5. The maximum Gasteiger partial charge on any atom is 0.272 e. The van der Waals surface area contributed by atoms with Crippen molar-refractivity contribution in [2.24, 2.45) is 13.0 Å². The molecule has 4 rings (SSSR count). The second-order valence-electron chi connectivity index (χ2n) is 8.05. The molecule has 164 valence electrons. The summed E-state index contributed by atoms with van der Waals surface area (Å²) in [4.78, 5) is 17.9. The molecule has 6 nitrogen and oxygen atoms in total. The van der Waals surface area contributed by atoms with E-state index in [4.69, 9.17) is 15.0 Å². The van der Waals surface area contributed by atoms with Gasteiger partial charge < -0.3 is 14.6 Å². The van der Waals surface area contributed by atoms with E-state index in [1.165, 1.54) is 12.1 Å². The van der Waals surface area contributed by atoms with Gasteiger partial charge in [-0.3, -0.25) is 4.79 Å². The number of aromatic nitrogens is 2. The van der Waals surface area contributed by atoms with Crippen molar-refractivity contribution in [3.8, 4) is 34.3 Å². The molecule has 1 atom stereocenters. The number of nitrogens with one attached hydrogen (secondary N) is 1. The monoisotopic (exact) mass is 432 g/mol. The number of methoxy groups -OCH3 is 1. The average molecular weight is 432 g/mol. The van der Waals surface area contributed by atoms with E-state index in [0.717, 1.165) is 31.5 Å². The van der Waals surface area contributed by atoms with Gasteiger partial charge in [-0.15, -0.1) is 0 Å². The second kappa shape index (κ2) is 9.33. The Bertz CT molecular complexity index is 1220. The van der Waals surface area contributed by atoms with Crippen LogP contribution in [-0.4, -0.2) is 29.8 Å². The fourth-order valence-corrected chi connectivity index (χ4v) is 4.19. The van der Waals surface area contributed by atoms with E-state index in [1.807, 2.05) is 30.3 Å². The summed E-state index contributed by atoms with van der Waals surface area (Å²) in [5.41, 5.74) is 2.68. The lowest BCUT2D eigenvalue weighted by atomic mass is 9.99. The van der Waals surface area contributed by atoms with Crippen LogP contribution in [0.1, 0.15) is 24.1 Å². The maximum absolute atomic E-state index is 14.5. The average Bonchev–Trinajstić information content (AvgIpc) is 3.33. The van der Waals surface area contributed by atoms with Gasteiger partial charge in [-0.25, -0.2) is 9.37 Å². The van der Waals surface area contributed by atoms with Gasteiger partial charge in [0.15, 0.2) is 0 Å². The van der Waals surface area contributed by atoms with Crippen molar-refractivity contribution < 1.29 is 9.13 Å². The van der Waals surface area contributed by atoms with Crippen LogP contribution in [0.25, 0.3) is 22.5 Å². The van der Waals surface area contributed by atoms with Crippen molar-refractivity contribution in [3.05, 3.63) is 69.9 Å². The second-order valence-corrected chi connectivity index (χ2v) is 8.05. The number of rotatable bonds is 6. The number of halogens is 1. The van der Waals surface area contributed by atoms with Crippen molar-refractivity contribution in [1.82, 2.24) is 14.9 Å². The fourth-order valence-electron chi connectivity index (χ4n) is 4.19. The SMILES string of the molecule is COc1ccc(-c2c(-c3ccc(C#N)c(F)c3)nc(CC[C@H]3CCNC3)c(=O)n2C)cc1. The van der Waals surface area contributed by atoms with E-state index in [2.05, 4.69) is 5.32 Å². The van der Waals surface area contributed by atoms with E-state index < -0.39 is 5.82 Å². The van der Waals surface area contributed by atoms with Gasteiger partial charge in [0.25, 0.3) is 5.56 Å². The third-order valence-electron chi connectivity index (χ3n) is 6.04. The van der Waals surface area contributed by atoms with Crippen LogP contribution in [0.5, 0.6) is 5.75 Å². The maximum atomic E-state index is 14.5. The number of nitrogens with zero attached hydrogens (tertiary/aromatic N) is 3. The number of nitriles is 1. The van der Waals surface area contributed by atoms with E-state index in [9.17, 15) is 9.18 Å². The van der Waals surface area contributed by atoms with Crippen molar-refractivity contribution in [2.45, 2.75) is 19.3 Å². The molecule has 0 aliphatic carbocycles. The smallest absolute Gasteiger partial charge is 0.272 e. The molecule has 0 spiro atoms. The topological polar surface area (TPSA) is 79.9 Å². The van der Waals surface area contributed by atoms with Crippen LogP contribution in [0, 0.1) is 23.1 Å². The summed E-state index contributed by atoms with van der Waals surface area (Å²) >= 11 is 0. The molecule has 0 radical (unpaired) electrons. The fraction of sp³-hybridized carbons (Fsp3) is 0.320. The van der Waals surface area contributed by atoms with Crippen LogP contribution >= 0.6 is 0 Å². The largest absolute Gasteiger partial charge is 0.497 e. The van der Waals surface area contributed by atoms with E-state index in [1.54, 1.807) is 24.8 Å². The summed E-state index contributed by atoms with van der Waals surface area (Å²) in [7, 11) is 3.31. The Kier molecular flexibility index (Phi) is 6.33.